The van der Waals surface area contributed by atoms with Gasteiger partial charge in [-0.3, -0.25) is 4.79 Å². The van der Waals surface area contributed by atoms with Gasteiger partial charge in [-0.25, -0.2) is 0 Å². The van der Waals surface area contributed by atoms with Gasteiger partial charge >= 0.3 is 0 Å². The Balaban J connectivity index is 2.58. The van der Waals surface area contributed by atoms with E-state index in [0.717, 1.165) is 0 Å². The first-order valence-electron chi connectivity index (χ1n) is 6.39. The molecule has 0 saturated heterocycles. The Hall–Kier alpha value is -2.89. The van der Waals surface area contributed by atoms with Crippen LogP contribution in [0.4, 0.5) is 0 Å². The number of rotatable bonds is 5. The standard InChI is InChI=1S/C16H16O6/c1-20-12-7-6-11(18)14(16(12)22-3)15(19)9-4-5-10(17)13(8-9)21-2/h4-8,17-18H,1-3H3. The minimum atomic E-state index is -0.480. The normalized spacial score (nSPS) is 10.1. The van der Waals surface area contributed by atoms with Crippen LogP contribution in [-0.4, -0.2) is 37.3 Å². The molecule has 0 saturated carbocycles. The number of ketones is 1. The number of ether oxygens (including phenoxy) is 3. The van der Waals surface area contributed by atoms with Crippen molar-refractivity contribution in [2.75, 3.05) is 21.3 Å². The zero-order chi connectivity index (χ0) is 16.3. The van der Waals surface area contributed by atoms with Crippen molar-refractivity contribution in [1.82, 2.24) is 0 Å². The zero-order valence-corrected chi connectivity index (χ0v) is 12.4. The second kappa shape index (κ2) is 6.26. The fourth-order valence-corrected chi connectivity index (χ4v) is 2.10. The van der Waals surface area contributed by atoms with Crippen LogP contribution < -0.4 is 14.2 Å². The van der Waals surface area contributed by atoms with Gasteiger partial charge in [-0.2, -0.15) is 0 Å². The minimum absolute atomic E-state index is 0.0189. The summed E-state index contributed by atoms with van der Waals surface area (Å²) in [5, 5.41) is 19.6. The number of benzene rings is 2. The first-order valence-corrected chi connectivity index (χ1v) is 6.39. The molecule has 0 heterocycles. The summed E-state index contributed by atoms with van der Waals surface area (Å²) in [5.41, 5.74) is 0.214. The summed E-state index contributed by atoms with van der Waals surface area (Å²) in [5.74, 6) is -0.164. The molecule has 6 heteroatoms. The number of phenolic OH excluding ortho intramolecular Hbond substituents is 2. The van der Waals surface area contributed by atoms with Crippen molar-refractivity contribution in [3.63, 3.8) is 0 Å². The van der Waals surface area contributed by atoms with Crippen LogP contribution in [0.25, 0.3) is 0 Å². The van der Waals surface area contributed by atoms with E-state index in [-0.39, 0.29) is 34.1 Å². The number of aromatic hydroxyl groups is 2. The number of carbonyl (C=O) groups is 1. The third kappa shape index (κ3) is 2.63. The smallest absolute Gasteiger partial charge is 0.200 e. The van der Waals surface area contributed by atoms with Gasteiger partial charge in [0.25, 0.3) is 0 Å². The topological polar surface area (TPSA) is 85.2 Å². The van der Waals surface area contributed by atoms with Gasteiger partial charge in [-0.05, 0) is 30.3 Å². The summed E-state index contributed by atoms with van der Waals surface area (Å²) in [6.07, 6.45) is 0. The van der Waals surface area contributed by atoms with Gasteiger partial charge in [0, 0.05) is 5.56 Å². The lowest BCUT2D eigenvalue weighted by molar-refractivity contribution is 0.103. The van der Waals surface area contributed by atoms with Crippen molar-refractivity contribution in [2.24, 2.45) is 0 Å². The van der Waals surface area contributed by atoms with Gasteiger partial charge in [0.15, 0.2) is 23.0 Å². The molecule has 0 aliphatic rings. The van der Waals surface area contributed by atoms with E-state index in [1.165, 1.54) is 51.7 Å². The molecule has 2 rings (SSSR count). The summed E-state index contributed by atoms with van der Waals surface area (Å²) in [4.78, 5) is 12.7. The van der Waals surface area contributed by atoms with Crippen LogP contribution in [0.2, 0.25) is 0 Å². The van der Waals surface area contributed by atoms with E-state index in [4.69, 9.17) is 14.2 Å². The lowest BCUT2D eigenvalue weighted by Gasteiger charge is -2.14. The first-order chi connectivity index (χ1) is 10.5. The number of phenols is 2. The minimum Gasteiger partial charge on any atom is -0.507 e. The Labute approximate surface area is 127 Å². The Morgan fingerprint density at radius 2 is 1.50 bits per heavy atom. The number of hydrogen-bond donors (Lipinski definition) is 2. The average Bonchev–Trinajstić information content (AvgIpc) is 2.54. The zero-order valence-electron chi connectivity index (χ0n) is 12.4. The van der Waals surface area contributed by atoms with Crippen molar-refractivity contribution in [2.45, 2.75) is 0 Å². The number of methoxy groups -OCH3 is 3. The molecule has 2 aromatic carbocycles. The van der Waals surface area contributed by atoms with Crippen molar-refractivity contribution < 1.29 is 29.2 Å². The second-order valence-corrected chi connectivity index (χ2v) is 4.41. The molecule has 0 fully saturated rings. The van der Waals surface area contributed by atoms with Crippen LogP contribution >= 0.6 is 0 Å². The van der Waals surface area contributed by atoms with Gasteiger partial charge in [0.2, 0.25) is 5.78 Å². The largest absolute Gasteiger partial charge is 0.507 e. The lowest BCUT2D eigenvalue weighted by atomic mass is 10.0. The molecule has 2 aromatic rings. The molecule has 0 unspecified atom stereocenters. The van der Waals surface area contributed by atoms with E-state index in [1.807, 2.05) is 0 Å². The lowest BCUT2D eigenvalue weighted by Crippen LogP contribution is -2.06. The van der Waals surface area contributed by atoms with E-state index in [0.29, 0.717) is 5.75 Å². The average molecular weight is 304 g/mol. The third-order valence-corrected chi connectivity index (χ3v) is 3.19. The molecule has 116 valence electrons. The highest BCUT2D eigenvalue weighted by Gasteiger charge is 2.23. The van der Waals surface area contributed by atoms with Gasteiger partial charge in [0.1, 0.15) is 11.3 Å². The highest BCUT2D eigenvalue weighted by molar-refractivity contribution is 6.13. The van der Waals surface area contributed by atoms with Crippen LogP contribution in [-0.2, 0) is 0 Å². The van der Waals surface area contributed by atoms with E-state index in [1.54, 1.807) is 0 Å². The molecule has 0 aliphatic heterocycles. The van der Waals surface area contributed by atoms with E-state index >= 15 is 0 Å². The maximum Gasteiger partial charge on any atom is 0.200 e. The fourth-order valence-electron chi connectivity index (χ4n) is 2.10. The van der Waals surface area contributed by atoms with Crippen molar-refractivity contribution in [1.29, 1.82) is 0 Å². The van der Waals surface area contributed by atoms with Gasteiger partial charge < -0.3 is 24.4 Å². The molecular weight excluding hydrogens is 288 g/mol. The maximum absolute atomic E-state index is 12.7. The summed E-state index contributed by atoms with van der Waals surface area (Å²) < 4.78 is 15.3. The molecule has 6 nitrogen and oxygen atoms in total. The molecule has 0 amide bonds. The van der Waals surface area contributed by atoms with Crippen molar-refractivity contribution in [3.05, 3.63) is 41.5 Å². The molecule has 22 heavy (non-hydrogen) atoms. The summed E-state index contributed by atoms with van der Waals surface area (Å²) in [6, 6.07) is 7.01. The molecule has 0 aliphatic carbocycles. The summed E-state index contributed by atoms with van der Waals surface area (Å²) in [6.45, 7) is 0. The van der Waals surface area contributed by atoms with E-state index < -0.39 is 5.78 Å². The Morgan fingerprint density at radius 1 is 0.864 bits per heavy atom. The third-order valence-electron chi connectivity index (χ3n) is 3.19. The van der Waals surface area contributed by atoms with Crippen LogP contribution in [0.15, 0.2) is 30.3 Å². The predicted molar refractivity (Wildman–Crippen MR) is 79.3 cm³/mol. The molecule has 2 N–H and O–H groups in total. The molecule has 0 atom stereocenters. The van der Waals surface area contributed by atoms with Crippen molar-refractivity contribution >= 4 is 5.78 Å². The molecule has 0 bridgehead atoms. The van der Waals surface area contributed by atoms with E-state index in [9.17, 15) is 15.0 Å². The Kier molecular flexibility index (Phi) is 4.41. The monoisotopic (exact) mass is 304 g/mol. The SMILES string of the molecule is COc1cc(C(=O)c2c(O)ccc(OC)c2OC)ccc1O. The van der Waals surface area contributed by atoms with Crippen LogP contribution in [0.1, 0.15) is 15.9 Å². The summed E-state index contributed by atoms with van der Waals surface area (Å²) >= 11 is 0. The Bertz CT molecular complexity index is 708. The molecule has 0 radical (unpaired) electrons. The van der Waals surface area contributed by atoms with Crippen molar-refractivity contribution in [3.8, 4) is 28.7 Å². The highest BCUT2D eigenvalue weighted by Crippen LogP contribution is 2.39. The van der Waals surface area contributed by atoms with Gasteiger partial charge in [-0.15, -0.1) is 0 Å². The highest BCUT2D eigenvalue weighted by atomic mass is 16.5. The number of carbonyl (C=O) groups excluding carboxylic acids is 1. The summed E-state index contributed by atoms with van der Waals surface area (Å²) in [7, 11) is 4.20. The maximum atomic E-state index is 12.7. The second-order valence-electron chi connectivity index (χ2n) is 4.41. The molecule has 0 aromatic heterocycles. The number of hydrogen-bond acceptors (Lipinski definition) is 6. The molecule has 0 spiro atoms. The molecular formula is C16H16O6. The van der Waals surface area contributed by atoms with Gasteiger partial charge in [-0.1, -0.05) is 0 Å². The van der Waals surface area contributed by atoms with Gasteiger partial charge in [0.05, 0.1) is 21.3 Å². The quantitative estimate of drug-likeness (QED) is 0.825. The Morgan fingerprint density at radius 3 is 2.09 bits per heavy atom. The fraction of sp³-hybridized carbons (Fsp3) is 0.188. The predicted octanol–water partition coefficient (Wildman–Crippen LogP) is 2.35. The van der Waals surface area contributed by atoms with E-state index in [2.05, 4.69) is 0 Å². The van der Waals surface area contributed by atoms with Crippen LogP contribution in [0.3, 0.4) is 0 Å². The van der Waals surface area contributed by atoms with Crippen LogP contribution in [0.5, 0.6) is 28.7 Å². The van der Waals surface area contributed by atoms with Crippen LogP contribution in [0, 0.1) is 0 Å². The first kappa shape index (κ1) is 15.5.